The third-order valence-corrected chi connectivity index (χ3v) is 4.91. The zero-order valence-corrected chi connectivity index (χ0v) is 14.4. The van der Waals surface area contributed by atoms with Gasteiger partial charge in [-0.05, 0) is 24.3 Å². The Morgan fingerprint density at radius 1 is 0.704 bits per heavy atom. The first-order valence-corrected chi connectivity index (χ1v) is 9.17. The van der Waals surface area contributed by atoms with Gasteiger partial charge in [-0.2, -0.15) is 0 Å². The molecule has 10 nitrogen and oxygen atoms in total. The number of hydrogen-bond donors (Lipinski definition) is 0. The predicted octanol–water partition coefficient (Wildman–Crippen LogP) is 1.98. The van der Waals surface area contributed by atoms with Gasteiger partial charge in [-0.15, -0.1) is 0 Å². The van der Waals surface area contributed by atoms with E-state index in [9.17, 15) is 38.2 Å². The number of non-ortho nitro benzene ring substituents is 2. The minimum absolute atomic E-state index is 0.0352. The van der Waals surface area contributed by atoms with Gasteiger partial charge in [0.15, 0.2) is 21.4 Å². The van der Waals surface area contributed by atoms with Gasteiger partial charge in [-0.3, -0.25) is 29.8 Å². The van der Waals surface area contributed by atoms with Crippen LogP contribution in [0.1, 0.15) is 20.7 Å². The molecule has 0 aliphatic rings. The molecular formula is C16H12N2O8S. The van der Waals surface area contributed by atoms with Crippen molar-refractivity contribution in [1.29, 1.82) is 0 Å². The van der Waals surface area contributed by atoms with Gasteiger partial charge in [-0.1, -0.05) is 0 Å². The van der Waals surface area contributed by atoms with E-state index in [0.717, 1.165) is 48.5 Å². The van der Waals surface area contributed by atoms with Gasteiger partial charge >= 0.3 is 0 Å². The number of sulfone groups is 1. The highest BCUT2D eigenvalue weighted by Crippen LogP contribution is 2.15. The number of nitro groups is 2. The minimum Gasteiger partial charge on any atom is -0.293 e. The summed E-state index contributed by atoms with van der Waals surface area (Å²) in [5.74, 6) is -3.49. The summed E-state index contributed by atoms with van der Waals surface area (Å²) in [6.45, 7) is 0. The van der Waals surface area contributed by atoms with Crippen molar-refractivity contribution in [2.24, 2.45) is 0 Å². The van der Waals surface area contributed by atoms with E-state index in [1.807, 2.05) is 0 Å². The average Bonchev–Trinajstić information content (AvgIpc) is 2.61. The minimum atomic E-state index is -4.10. The van der Waals surface area contributed by atoms with Gasteiger partial charge < -0.3 is 0 Å². The number of Topliss-reactive ketones (excluding diaryl/α,β-unsaturated/α-hetero) is 2. The van der Waals surface area contributed by atoms with Crippen LogP contribution in [-0.4, -0.2) is 41.3 Å². The van der Waals surface area contributed by atoms with Crippen molar-refractivity contribution in [3.8, 4) is 0 Å². The molecule has 0 aliphatic heterocycles. The summed E-state index contributed by atoms with van der Waals surface area (Å²) in [6, 6.07) is 8.82. The summed E-state index contributed by atoms with van der Waals surface area (Å²) < 4.78 is 24.2. The molecule has 0 spiro atoms. The third-order valence-electron chi connectivity index (χ3n) is 3.50. The molecule has 27 heavy (non-hydrogen) atoms. The average molecular weight is 392 g/mol. The van der Waals surface area contributed by atoms with Crippen LogP contribution < -0.4 is 0 Å². The van der Waals surface area contributed by atoms with Gasteiger partial charge in [0.2, 0.25) is 0 Å². The lowest BCUT2D eigenvalue weighted by molar-refractivity contribution is -0.385. The second kappa shape index (κ2) is 7.83. The summed E-state index contributed by atoms with van der Waals surface area (Å²) in [4.78, 5) is 43.9. The Kier molecular flexibility index (Phi) is 5.75. The summed E-state index contributed by atoms with van der Waals surface area (Å²) in [5, 5.41) is 21.2. The highest BCUT2D eigenvalue weighted by molar-refractivity contribution is 7.92. The SMILES string of the molecule is O=C(CS(=O)(=O)CC(=O)c1ccc([N+](=O)[O-])cc1)c1ccc([N+](=O)[O-])cc1. The van der Waals surface area contributed by atoms with Crippen molar-refractivity contribution in [3.63, 3.8) is 0 Å². The van der Waals surface area contributed by atoms with Crippen molar-refractivity contribution >= 4 is 32.8 Å². The molecule has 2 aromatic carbocycles. The first-order valence-electron chi connectivity index (χ1n) is 7.35. The molecule has 0 fully saturated rings. The van der Waals surface area contributed by atoms with Crippen LogP contribution in [0.15, 0.2) is 48.5 Å². The van der Waals surface area contributed by atoms with Crippen LogP contribution in [0.2, 0.25) is 0 Å². The van der Waals surface area contributed by atoms with Gasteiger partial charge in [0.1, 0.15) is 11.5 Å². The van der Waals surface area contributed by atoms with Crippen molar-refractivity contribution in [3.05, 3.63) is 79.9 Å². The molecule has 0 unspecified atom stereocenters. The van der Waals surface area contributed by atoms with E-state index in [-0.39, 0.29) is 22.5 Å². The zero-order chi connectivity index (χ0) is 20.2. The van der Waals surface area contributed by atoms with E-state index in [1.54, 1.807) is 0 Å². The second-order valence-electron chi connectivity index (χ2n) is 5.49. The fourth-order valence-corrected chi connectivity index (χ4v) is 3.39. The van der Waals surface area contributed by atoms with Crippen LogP contribution in [0.5, 0.6) is 0 Å². The first kappa shape index (κ1) is 19.8. The van der Waals surface area contributed by atoms with Crippen molar-refractivity contribution in [1.82, 2.24) is 0 Å². The first-order chi connectivity index (χ1) is 12.6. The lowest BCUT2D eigenvalue weighted by Crippen LogP contribution is -2.24. The quantitative estimate of drug-likeness (QED) is 0.375. The van der Waals surface area contributed by atoms with Crippen molar-refractivity contribution in [2.75, 3.05) is 11.5 Å². The molecule has 0 aliphatic carbocycles. The number of hydrogen-bond acceptors (Lipinski definition) is 8. The molecule has 0 radical (unpaired) electrons. The summed E-state index contributed by atoms with van der Waals surface area (Å²) >= 11 is 0. The molecule has 0 N–H and O–H groups in total. The van der Waals surface area contributed by atoms with Gasteiger partial charge in [-0.25, -0.2) is 8.42 Å². The molecule has 0 heterocycles. The van der Waals surface area contributed by atoms with E-state index in [2.05, 4.69) is 0 Å². The topological polar surface area (TPSA) is 155 Å². The number of carbonyl (C=O) groups excluding carboxylic acids is 2. The van der Waals surface area contributed by atoms with E-state index >= 15 is 0 Å². The van der Waals surface area contributed by atoms with Gasteiger partial charge in [0, 0.05) is 35.4 Å². The molecular weight excluding hydrogens is 380 g/mol. The van der Waals surface area contributed by atoms with Crippen LogP contribution in [0, 0.1) is 20.2 Å². The highest BCUT2D eigenvalue weighted by atomic mass is 32.2. The Balaban J connectivity index is 2.07. The molecule has 0 amide bonds. The molecule has 0 saturated carbocycles. The monoisotopic (exact) mass is 392 g/mol. The maximum absolute atomic E-state index is 12.1. The maximum Gasteiger partial charge on any atom is 0.269 e. The number of ketones is 2. The number of carbonyl (C=O) groups is 2. The number of rotatable bonds is 8. The van der Waals surface area contributed by atoms with Crippen LogP contribution in [0.3, 0.4) is 0 Å². The molecule has 0 saturated heterocycles. The second-order valence-corrected chi connectivity index (χ2v) is 7.55. The Morgan fingerprint density at radius 3 is 1.26 bits per heavy atom. The Labute approximate surface area is 152 Å². The van der Waals surface area contributed by atoms with Crippen LogP contribution in [-0.2, 0) is 9.84 Å². The smallest absolute Gasteiger partial charge is 0.269 e. The summed E-state index contributed by atoms with van der Waals surface area (Å²) in [7, 11) is -4.10. The van der Waals surface area contributed by atoms with Crippen molar-refractivity contribution in [2.45, 2.75) is 0 Å². The molecule has 0 atom stereocenters. The van der Waals surface area contributed by atoms with Crippen molar-refractivity contribution < 1.29 is 27.9 Å². The Bertz CT molecular complexity index is 934. The third kappa shape index (κ3) is 5.25. The summed E-state index contributed by atoms with van der Waals surface area (Å²) in [5.41, 5.74) is -0.565. The van der Waals surface area contributed by atoms with Gasteiger partial charge in [0.05, 0.1) is 9.85 Å². The van der Waals surface area contributed by atoms with Crippen LogP contribution in [0.4, 0.5) is 11.4 Å². The largest absolute Gasteiger partial charge is 0.293 e. The van der Waals surface area contributed by atoms with E-state index in [0.29, 0.717) is 0 Å². The number of nitrogens with zero attached hydrogens (tertiary/aromatic N) is 2. The highest BCUT2D eigenvalue weighted by Gasteiger charge is 2.23. The van der Waals surface area contributed by atoms with E-state index in [4.69, 9.17) is 0 Å². The lowest BCUT2D eigenvalue weighted by atomic mass is 10.1. The molecule has 2 rings (SSSR count). The van der Waals surface area contributed by atoms with Gasteiger partial charge in [0.25, 0.3) is 11.4 Å². The Morgan fingerprint density at radius 2 is 1.00 bits per heavy atom. The fraction of sp³-hybridized carbons (Fsp3) is 0.125. The standard InChI is InChI=1S/C16H12N2O8S/c19-15(11-1-5-13(6-2-11)17(21)22)9-27(25,26)10-16(20)12-3-7-14(8-4-12)18(23)24/h1-8H,9-10H2. The van der Waals surface area contributed by atoms with E-state index < -0.39 is 42.8 Å². The zero-order valence-electron chi connectivity index (χ0n) is 13.6. The fourth-order valence-electron chi connectivity index (χ4n) is 2.16. The molecule has 11 heteroatoms. The maximum atomic E-state index is 12.1. The molecule has 2 aromatic rings. The predicted molar refractivity (Wildman–Crippen MR) is 93.5 cm³/mol. The summed E-state index contributed by atoms with van der Waals surface area (Å²) in [6.07, 6.45) is 0. The van der Waals surface area contributed by atoms with Crippen LogP contribution >= 0.6 is 0 Å². The van der Waals surface area contributed by atoms with E-state index in [1.165, 1.54) is 0 Å². The molecule has 140 valence electrons. The number of nitro benzene ring substituents is 2. The Hall–Kier alpha value is -3.47. The number of benzene rings is 2. The normalized spacial score (nSPS) is 11.0. The molecule has 0 bridgehead atoms. The molecule has 0 aromatic heterocycles. The van der Waals surface area contributed by atoms with Crippen LogP contribution in [0.25, 0.3) is 0 Å². The lowest BCUT2D eigenvalue weighted by Gasteiger charge is -2.04.